The molecule has 0 aliphatic rings. The molecule has 0 aliphatic carbocycles. The van der Waals surface area contributed by atoms with E-state index >= 15 is 0 Å². The number of ether oxygens (including phenoxy) is 1. The summed E-state index contributed by atoms with van der Waals surface area (Å²) in [4.78, 5) is 12.6. The van der Waals surface area contributed by atoms with E-state index in [0.29, 0.717) is 0 Å². The predicted molar refractivity (Wildman–Crippen MR) is 99.9 cm³/mol. The van der Waals surface area contributed by atoms with E-state index in [4.69, 9.17) is 4.74 Å². The van der Waals surface area contributed by atoms with Gasteiger partial charge in [-0.2, -0.15) is 13.2 Å². The Morgan fingerprint density at radius 3 is 2.07 bits per heavy atom. The molecule has 0 fully saturated rings. The minimum atomic E-state index is -4.63. The van der Waals surface area contributed by atoms with Crippen LogP contribution in [0.25, 0.3) is 0 Å². The summed E-state index contributed by atoms with van der Waals surface area (Å²) in [6.45, 7) is 0.201. The van der Waals surface area contributed by atoms with Crippen molar-refractivity contribution in [1.29, 1.82) is 0 Å². The SMILES string of the molecule is O=C(NC(c1ccccc1)C(F)(F)F)c1ccccc1OCc1ccccc1. The highest BCUT2D eigenvalue weighted by Gasteiger charge is 2.42. The number of halogens is 3. The quantitative estimate of drug-likeness (QED) is 0.625. The van der Waals surface area contributed by atoms with Crippen molar-refractivity contribution in [3.8, 4) is 5.75 Å². The first-order valence-corrected chi connectivity index (χ1v) is 8.63. The molecule has 0 spiro atoms. The van der Waals surface area contributed by atoms with Crippen LogP contribution in [0.2, 0.25) is 0 Å². The Labute approximate surface area is 160 Å². The van der Waals surface area contributed by atoms with Gasteiger partial charge in [-0.05, 0) is 23.3 Å². The van der Waals surface area contributed by atoms with E-state index in [1.165, 1.54) is 30.3 Å². The van der Waals surface area contributed by atoms with Crippen molar-refractivity contribution in [2.45, 2.75) is 18.8 Å². The van der Waals surface area contributed by atoms with Crippen molar-refractivity contribution < 1.29 is 22.7 Å². The molecular formula is C22H18F3NO2. The van der Waals surface area contributed by atoms with Gasteiger partial charge in [0.05, 0.1) is 5.56 Å². The zero-order valence-electron chi connectivity index (χ0n) is 14.8. The third-order valence-corrected chi connectivity index (χ3v) is 4.10. The van der Waals surface area contributed by atoms with Gasteiger partial charge in [-0.25, -0.2) is 0 Å². The number of nitrogens with one attached hydrogen (secondary N) is 1. The van der Waals surface area contributed by atoms with Crippen LogP contribution in [-0.2, 0) is 6.61 Å². The summed E-state index contributed by atoms with van der Waals surface area (Å²) >= 11 is 0. The van der Waals surface area contributed by atoms with Crippen molar-refractivity contribution in [2.75, 3.05) is 0 Å². The first-order chi connectivity index (χ1) is 13.4. The summed E-state index contributed by atoms with van der Waals surface area (Å²) in [5.74, 6) is -0.632. The lowest BCUT2D eigenvalue weighted by molar-refractivity contribution is -0.155. The number of hydrogen-bond donors (Lipinski definition) is 1. The molecule has 144 valence electrons. The summed E-state index contributed by atoms with van der Waals surface area (Å²) in [6, 6.07) is 20.7. The van der Waals surface area contributed by atoms with E-state index in [9.17, 15) is 18.0 Å². The minimum Gasteiger partial charge on any atom is -0.488 e. The largest absolute Gasteiger partial charge is 0.488 e. The van der Waals surface area contributed by atoms with E-state index in [0.717, 1.165) is 5.56 Å². The number of hydrogen-bond acceptors (Lipinski definition) is 2. The maximum Gasteiger partial charge on any atom is 0.412 e. The Kier molecular flexibility index (Phi) is 5.99. The van der Waals surface area contributed by atoms with Crippen LogP contribution in [0.4, 0.5) is 13.2 Å². The van der Waals surface area contributed by atoms with Gasteiger partial charge in [0, 0.05) is 0 Å². The number of amides is 1. The summed E-state index contributed by atoms with van der Waals surface area (Å²) in [7, 11) is 0. The molecule has 3 rings (SSSR count). The van der Waals surface area contributed by atoms with Crippen LogP contribution < -0.4 is 10.1 Å². The minimum absolute atomic E-state index is 0.0361. The van der Waals surface area contributed by atoms with Gasteiger partial charge >= 0.3 is 6.18 Å². The van der Waals surface area contributed by atoms with E-state index in [1.54, 1.807) is 24.3 Å². The number of rotatable bonds is 6. The molecule has 3 nitrogen and oxygen atoms in total. The zero-order valence-corrected chi connectivity index (χ0v) is 14.8. The standard InChI is InChI=1S/C22H18F3NO2/c23-22(24,25)20(17-11-5-2-6-12-17)26-21(27)18-13-7-8-14-19(18)28-15-16-9-3-1-4-10-16/h1-14,20H,15H2,(H,26,27). The highest BCUT2D eigenvalue weighted by Crippen LogP contribution is 2.33. The first kappa shape index (κ1) is 19.5. The Morgan fingerprint density at radius 2 is 1.43 bits per heavy atom. The second kappa shape index (κ2) is 8.61. The molecule has 0 radical (unpaired) electrons. The molecule has 1 amide bonds. The molecule has 3 aromatic carbocycles. The fourth-order valence-electron chi connectivity index (χ4n) is 2.72. The summed E-state index contributed by atoms with van der Waals surface area (Å²) in [5.41, 5.74) is 0.893. The summed E-state index contributed by atoms with van der Waals surface area (Å²) in [5, 5.41) is 2.08. The molecule has 3 aromatic rings. The number of carbonyl (C=O) groups excluding carboxylic acids is 1. The van der Waals surface area contributed by atoms with Crippen molar-refractivity contribution in [3.05, 3.63) is 102 Å². The highest BCUT2D eigenvalue weighted by molar-refractivity contribution is 5.97. The van der Waals surface area contributed by atoms with Crippen molar-refractivity contribution in [3.63, 3.8) is 0 Å². The Balaban J connectivity index is 1.80. The third-order valence-electron chi connectivity index (χ3n) is 4.10. The second-order valence-electron chi connectivity index (χ2n) is 6.13. The van der Waals surface area contributed by atoms with Crippen LogP contribution in [-0.4, -0.2) is 12.1 Å². The third kappa shape index (κ3) is 4.91. The fourth-order valence-corrected chi connectivity index (χ4v) is 2.72. The summed E-state index contributed by atoms with van der Waals surface area (Å²) in [6.07, 6.45) is -4.63. The van der Waals surface area contributed by atoms with Gasteiger partial charge in [-0.3, -0.25) is 4.79 Å². The van der Waals surface area contributed by atoms with E-state index < -0.39 is 18.1 Å². The molecule has 1 N–H and O–H groups in total. The van der Waals surface area contributed by atoms with Gasteiger partial charge in [0.15, 0.2) is 6.04 Å². The van der Waals surface area contributed by atoms with Crippen LogP contribution in [0, 0.1) is 0 Å². The van der Waals surface area contributed by atoms with E-state index in [1.807, 2.05) is 30.3 Å². The van der Waals surface area contributed by atoms with E-state index in [2.05, 4.69) is 5.32 Å². The fraction of sp³-hybridized carbons (Fsp3) is 0.136. The normalized spacial score (nSPS) is 12.2. The molecule has 1 atom stereocenters. The monoisotopic (exact) mass is 385 g/mol. The maximum atomic E-state index is 13.5. The highest BCUT2D eigenvalue weighted by atomic mass is 19.4. The predicted octanol–water partition coefficient (Wildman–Crippen LogP) is 5.30. The van der Waals surface area contributed by atoms with Crippen LogP contribution in [0.3, 0.4) is 0 Å². The lowest BCUT2D eigenvalue weighted by Crippen LogP contribution is -2.38. The molecule has 0 heterocycles. The number of carbonyl (C=O) groups is 1. The molecule has 6 heteroatoms. The molecule has 0 saturated heterocycles. The average molecular weight is 385 g/mol. The van der Waals surface area contributed by atoms with Crippen LogP contribution in [0.15, 0.2) is 84.9 Å². The molecule has 1 unspecified atom stereocenters. The van der Waals surface area contributed by atoms with Gasteiger partial charge in [-0.15, -0.1) is 0 Å². The molecule has 28 heavy (non-hydrogen) atoms. The smallest absolute Gasteiger partial charge is 0.412 e. The number of para-hydroxylation sites is 1. The van der Waals surface area contributed by atoms with Crippen molar-refractivity contribution in [2.24, 2.45) is 0 Å². The van der Waals surface area contributed by atoms with E-state index in [-0.39, 0.29) is 23.5 Å². The van der Waals surface area contributed by atoms with Gasteiger partial charge < -0.3 is 10.1 Å². The molecular weight excluding hydrogens is 367 g/mol. The number of benzene rings is 3. The van der Waals surface area contributed by atoms with Crippen molar-refractivity contribution >= 4 is 5.91 Å². The lowest BCUT2D eigenvalue weighted by atomic mass is 10.1. The van der Waals surface area contributed by atoms with Crippen LogP contribution in [0.1, 0.15) is 27.5 Å². The Bertz CT molecular complexity index is 912. The van der Waals surface area contributed by atoms with Gasteiger partial charge in [0.2, 0.25) is 0 Å². The molecule has 0 aromatic heterocycles. The first-order valence-electron chi connectivity index (χ1n) is 8.63. The Morgan fingerprint density at radius 1 is 0.857 bits per heavy atom. The second-order valence-corrected chi connectivity index (χ2v) is 6.13. The topological polar surface area (TPSA) is 38.3 Å². The van der Waals surface area contributed by atoms with Crippen LogP contribution >= 0.6 is 0 Å². The van der Waals surface area contributed by atoms with Gasteiger partial charge in [-0.1, -0.05) is 72.8 Å². The lowest BCUT2D eigenvalue weighted by Gasteiger charge is -2.22. The molecule has 0 bridgehead atoms. The number of alkyl halides is 3. The van der Waals surface area contributed by atoms with Gasteiger partial charge in [0.25, 0.3) is 5.91 Å². The van der Waals surface area contributed by atoms with Crippen molar-refractivity contribution in [1.82, 2.24) is 5.32 Å². The summed E-state index contributed by atoms with van der Waals surface area (Å²) < 4.78 is 46.2. The zero-order chi connectivity index (χ0) is 20.0. The van der Waals surface area contributed by atoms with Crippen LogP contribution in [0.5, 0.6) is 5.75 Å². The van der Waals surface area contributed by atoms with Gasteiger partial charge in [0.1, 0.15) is 12.4 Å². The maximum absolute atomic E-state index is 13.5. The Hall–Kier alpha value is -3.28. The molecule has 0 saturated carbocycles. The average Bonchev–Trinajstić information content (AvgIpc) is 2.71. The molecule has 0 aliphatic heterocycles.